The van der Waals surface area contributed by atoms with Crippen LogP contribution in [-0.4, -0.2) is 27.0 Å². The first kappa shape index (κ1) is 18.1. The number of rotatable bonds is 4. The minimum Gasteiger partial charge on any atom is -1.00 e. The van der Waals surface area contributed by atoms with E-state index >= 15 is 0 Å². The van der Waals surface area contributed by atoms with Gasteiger partial charge in [-0.3, -0.25) is 0 Å². The van der Waals surface area contributed by atoms with Gasteiger partial charge in [0, 0.05) is 0 Å². The molecule has 0 aromatic heterocycles. The molecular weight excluding hydrogens is 414 g/mol. The second kappa shape index (κ2) is 7.11. The van der Waals surface area contributed by atoms with E-state index in [1.165, 1.54) is 36.8 Å². The maximum Gasteiger partial charge on any atom is -1.00 e. The molecule has 0 saturated heterocycles. The third-order valence-corrected chi connectivity index (χ3v) is 9.50. The molecule has 3 aliphatic rings. The Labute approximate surface area is 156 Å². The van der Waals surface area contributed by atoms with Gasteiger partial charge in [-0.05, 0) is 0 Å². The Hall–Kier alpha value is -0.250. The van der Waals surface area contributed by atoms with Crippen molar-refractivity contribution in [2.24, 2.45) is 0 Å². The molecule has 2 aliphatic carbocycles. The fourth-order valence-electron chi connectivity index (χ4n) is 3.11. The zero-order valence-electron chi connectivity index (χ0n) is 11.8. The van der Waals surface area contributed by atoms with Crippen LogP contribution in [0, 0.1) is 0 Å². The van der Waals surface area contributed by atoms with Gasteiger partial charge in [0.05, 0.1) is 0 Å². The van der Waals surface area contributed by atoms with Crippen LogP contribution >= 0.6 is 0 Å². The van der Waals surface area contributed by atoms with Crippen molar-refractivity contribution in [3.8, 4) is 0 Å². The molecule has 0 unspecified atom stereocenters. The number of halogens is 2. The van der Waals surface area contributed by atoms with Gasteiger partial charge < -0.3 is 24.8 Å². The molecule has 22 heavy (non-hydrogen) atoms. The first-order valence-electron chi connectivity index (χ1n) is 6.99. The van der Waals surface area contributed by atoms with Crippen LogP contribution in [0.4, 0.5) is 0 Å². The van der Waals surface area contributed by atoms with E-state index in [0.29, 0.717) is 6.61 Å². The zero-order valence-corrected chi connectivity index (χ0v) is 17.2. The number of aliphatic hydroxyl groups excluding tert-OH is 1. The molecule has 0 saturated carbocycles. The van der Waals surface area contributed by atoms with Gasteiger partial charge in [0.2, 0.25) is 0 Å². The molecule has 1 aromatic rings. The van der Waals surface area contributed by atoms with Crippen LogP contribution < -0.4 is 24.8 Å². The predicted octanol–water partition coefficient (Wildman–Crippen LogP) is -4.34. The van der Waals surface area contributed by atoms with Gasteiger partial charge in [-0.1, -0.05) is 0 Å². The van der Waals surface area contributed by atoms with Crippen molar-refractivity contribution in [2.75, 3.05) is 6.61 Å². The average molecular weight is 429 g/mol. The van der Waals surface area contributed by atoms with Crippen molar-refractivity contribution in [3.63, 3.8) is 0 Å². The first-order valence-corrected chi connectivity index (χ1v) is 11.4. The summed E-state index contributed by atoms with van der Waals surface area (Å²) >= 11 is -0.670. The quantitative estimate of drug-likeness (QED) is 0.389. The molecule has 1 aliphatic heterocycles. The Kier molecular flexibility index (Phi) is 5.84. The first-order chi connectivity index (χ1) is 9.81. The number of benzene rings is 1. The average Bonchev–Trinajstić information content (AvgIpc) is 3.21. The summed E-state index contributed by atoms with van der Waals surface area (Å²) in [6.45, 7) is 0.301. The predicted molar refractivity (Wildman–Crippen MR) is 78.4 cm³/mol. The van der Waals surface area contributed by atoms with E-state index in [2.05, 4.69) is 24.3 Å². The van der Waals surface area contributed by atoms with Crippen molar-refractivity contribution in [3.05, 3.63) is 57.4 Å². The molecule has 1 heterocycles. The molecule has 0 radical (unpaired) electrons. The summed E-state index contributed by atoms with van der Waals surface area (Å²) in [5, 5.41) is 11.6. The number of hydrogen-bond donors (Lipinski definition) is 1. The third-order valence-electron chi connectivity index (χ3n) is 4.11. The minimum absolute atomic E-state index is 0. The summed E-state index contributed by atoms with van der Waals surface area (Å²) in [4.78, 5) is 12.0. The van der Waals surface area contributed by atoms with Gasteiger partial charge in [-0.2, -0.15) is 0 Å². The molecule has 2 nitrogen and oxygen atoms in total. The van der Waals surface area contributed by atoms with E-state index in [4.69, 9.17) is 5.11 Å². The number of carbonyl (C=O) groups is 1. The summed E-state index contributed by atoms with van der Waals surface area (Å²) in [5.41, 5.74) is 5.30. The van der Waals surface area contributed by atoms with E-state index in [1.54, 1.807) is 3.28 Å². The molecule has 6 heteroatoms. The number of ketones is 1. The molecule has 0 amide bonds. The SMILES string of the molecule is O=C1C=C2C(=[C]([Zr+2][CH2]CCO)c3ccccc32)C2=C1[SiH2]2.[Cl-].[Cl-]. The topological polar surface area (TPSA) is 37.3 Å². The third kappa shape index (κ3) is 2.81. The van der Waals surface area contributed by atoms with Crippen LogP contribution in [0.25, 0.3) is 8.85 Å². The summed E-state index contributed by atoms with van der Waals surface area (Å²) < 4.78 is 2.76. The number of aliphatic hydroxyl groups is 1. The molecule has 0 spiro atoms. The Bertz CT molecular complexity index is 737. The summed E-state index contributed by atoms with van der Waals surface area (Å²) in [5.74, 6) is 0.280. The van der Waals surface area contributed by atoms with Gasteiger partial charge in [-0.15, -0.1) is 0 Å². The molecule has 1 aromatic carbocycles. The smallest absolute Gasteiger partial charge is 1.00 e. The Morgan fingerprint density at radius 3 is 2.55 bits per heavy atom. The van der Waals surface area contributed by atoms with Crippen molar-refractivity contribution in [2.45, 2.75) is 10.5 Å². The zero-order chi connectivity index (χ0) is 13.7. The number of fused-ring (bicyclic) bond motifs is 4. The van der Waals surface area contributed by atoms with E-state index in [1.807, 2.05) is 6.08 Å². The summed E-state index contributed by atoms with van der Waals surface area (Å²) in [7, 11) is -0.364. The van der Waals surface area contributed by atoms with Crippen molar-refractivity contribution >= 4 is 24.2 Å². The van der Waals surface area contributed by atoms with Crippen LogP contribution in [0.3, 0.4) is 0 Å². The van der Waals surface area contributed by atoms with Gasteiger partial charge in [0.25, 0.3) is 0 Å². The van der Waals surface area contributed by atoms with Crippen LogP contribution in [0.5, 0.6) is 0 Å². The normalized spacial score (nSPS) is 17.9. The molecule has 0 bridgehead atoms. The van der Waals surface area contributed by atoms with Crippen LogP contribution in [0.2, 0.25) is 4.13 Å². The van der Waals surface area contributed by atoms with E-state index < -0.39 is 23.2 Å². The van der Waals surface area contributed by atoms with Crippen molar-refractivity contribution in [1.82, 2.24) is 0 Å². The molecule has 0 atom stereocenters. The van der Waals surface area contributed by atoms with E-state index in [-0.39, 0.29) is 40.1 Å². The van der Waals surface area contributed by atoms with Gasteiger partial charge >= 0.3 is 132 Å². The Morgan fingerprint density at radius 1 is 1.09 bits per heavy atom. The number of hydrogen-bond acceptors (Lipinski definition) is 2. The second-order valence-corrected chi connectivity index (χ2v) is 10.5. The Balaban J connectivity index is 0.000000882. The van der Waals surface area contributed by atoms with E-state index in [9.17, 15) is 4.79 Å². The molecule has 1 N–H and O–H groups in total. The minimum atomic E-state index is -0.670. The van der Waals surface area contributed by atoms with Crippen molar-refractivity contribution < 1.29 is 58.0 Å². The van der Waals surface area contributed by atoms with Crippen molar-refractivity contribution in [1.29, 1.82) is 0 Å². The maximum atomic E-state index is 12.0. The largest absolute Gasteiger partial charge is 1.00 e. The van der Waals surface area contributed by atoms with Gasteiger partial charge in [0.1, 0.15) is 0 Å². The number of allylic oxidation sites excluding steroid dienone is 5. The maximum absolute atomic E-state index is 12.0. The fraction of sp³-hybridized carbons (Fsp3) is 0.188. The number of carbonyl (C=O) groups excluding carboxylic acids is 1. The molecule has 112 valence electrons. The van der Waals surface area contributed by atoms with Crippen LogP contribution in [-0.2, 0) is 28.0 Å². The fourth-order valence-corrected chi connectivity index (χ4v) is 8.55. The molecule has 0 fully saturated rings. The summed E-state index contributed by atoms with van der Waals surface area (Å²) in [6, 6.07) is 8.54. The van der Waals surface area contributed by atoms with Gasteiger partial charge in [0.15, 0.2) is 0 Å². The van der Waals surface area contributed by atoms with E-state index in [0.717, 1.165) is 6.42 Å². The Morgan fingerprint density at radius 2 is 1.82 bits per heavy atom. The standard InChI is InChI=1S/C13H7OSi.C3H7O.2ClH.Zr/c14-11-6-9-8-4-2-1-3-7(8)5-10(9)12-13(11)15-12;1-2-3-4;;;/h1-4,6H,15H2;4H,1-3H2;2*1H;/q;;;;+2/p-2. The molecular formula is C16H14Cl2O2SiZr. The van der Waals surface area contributed by atoms with Crippen LogP contribution in [0.15, 0.2) is 46.3 Å². The second-order valence-electron chi connectivity index (χ2n) is 5.36. The molecule has 4 rings (SSSR count). The van der Waals surface area contributed by atoms with Gasteiger partial charge in [-0.25, -0.2) is 0 Å². The van der Waals surface area contributed by atoms with Crippen LogP contribution in [0.1, 0.15) is 17.5 Å². The monoisotopic (exact) mass is 426 g/mol. The summed E-state index contributed by atoms with van der Waals surface area (Å²) in [6.07, 6.45) is 2.80.